The zero-order chi connectivity index (χ0) is 13.5. The number of hydrogen-bond donors (Lipinski definition) is 1. The molecule has 19 heavy (non-hydrogen) atoms. The van der Waals surface area contributed by atoms with Gasteiger partial charge in [0.1, 0.15) is 5.82 Å². The smallest absolute Gasteiger partial charge is 0.133 e. The zero-order valence-corrected chi connectivity index (χ0v) is 12.1. The molecule has 106 valence electrons. The van der Waals surface area contributed by atoms with Gasteiger partial charge in [-0.15, -0.1) is 0 Å². The van der Waals surface area contributed by atoms with Crippen molar-refractivity contribution < 1.29 is 4.74 Å². The maximum Gasteiger partial charge on any atom is 0.133 e. The average molecular weight is 263 g/mol. The van der Waals surface area contributed by atoms with Crippen LogP contribution in [0.1, 0.15) is 25.8 Å². The van der Waals surface area contributed by atoms with E-state index in [1.807, 2.05) is 12.3 Å². The first-order valence-electron chi connectivity index (χ1n) is 7.24. The SMILES string of the molecule is CC(C)CCNCc1cccnc1N1CCOCC1. The second kappa shape index (κ2) is 7.46. The fraction of sp³-hybridized carbons (Fsp3) is 0.667. The molecule has 0 amide bonds. The molecule has 0 aliphatic carbocycles. The maximum absolute atomic E-state index is 5.40. The van der Waals surface area contributed by atoms with Gasteiger partial charge in [-0.1, -0.05) is 19.9 Å². The van der Waals surface area contributed by atoms with E-state index in [1.54, 1.807) is 0 Å². The molecule has 0 bridgehead atoms. The van der Waals surface area contributed by atoms with E-state index in [4.69, 9.17) is 4.74 Å². The van der Waals surface area contributed by atoms with Gasteiger partial charge < -0.3 is 15.0 Å². The summed E-state index contributed by atoms with van der Waals surface area (Å²) in [6.07, 6.45) is 3.09. The largest absolute Gasteiger partial charge is 0.378 e. The number of morpholine rings is 1. The highest BCUT2D eigenvalue weighted by atomic mass is 16.5. The van der Waals surface area contributed by atoms with Crippen molar-refractivity contribution in [3.05, 3.63) is 23.9 Å². The molecule has 0 aromatic carbocycles. The van der Waals surface area contributed by atoms with Gasteiger partial charge in [-0.3, -0.25) is 0 Å². The summed E-state index contributed by atoms with van der Waals surface area (Å²) in [5, 5.41) is 3.51. The summed E-state index contributed by atoms with van der Waals surface area (Å²) in [5.74, 6) is 1.86. The third-order valence-electron chi connectivity index (χ3n) is 3.39. The monoisotopic (exact) mass is 263 g/mol. The van der Waals surface area contributed by atoms with Crippen LogP contribution >= 0.6 is 0 Å². The van der Waals surface area contributed by atoms with Gasteiger partial charge in [-0.2, -0.15) is 0 Å². The van der Waals surface area contributed by atoms with Crippen LogP contribution in [0.5, 0.6) is 0 Å². The van der Waals surface area contributed by atoms with Gasteiger partial charge in [0.25, 0.3) is 0 Å². The molecule has 1 aliphatic heterocycles. The van der Waals surface area contributed by atoms with Gasteiger partial charge in [-0.25, -0.2) is 4.98 Å². The maximum atomic E-state index is 5.40. The molecule has 4 heteroatoms. The van der Waals surface area contributed by atoms with E-state index in [0.717, 1.165) is 51.1 Å². The van der Waals surface area contributed by atoms with Gasteiger partial charge in [-0.05, 0) is 24.9 Å². The Hall–Kier alpha value is -1.13. The van der Waals surface area contributed by atoms with E-state index < -0.39 is 0 Å². The van der Waals surface area contributed by atoms with Gasteiger partial charge in [0.2, 0.25) is 0 Å². The van der Waals surface area contributed by atoms with Crippen molar-refractivity contribution in [3.63, 3.8) is 0 Å². The Morgan fingerprint density at radius 2 is 2.16 bits per heavy atom. The summed E-state index contributed by atoms with van der Waals surface area (Å²) in [4.78, 5) is 6.87. The van der Waals surface area contributed by atoms with Crippen LogP contribution in [-0.4, -0.2) is 37.8 Å². The molecule has 2 heterocycles. The highest BCUT2D eigenvalue weighted by Crippen LogP contribution is 2.18. The molecule has 1 aromatic rings. The third-order valence-corrected chi connectivity index (χ3v) is 3.39. The first-order valence-corrected chi connectivity index (χ1v) is 7.24. The van der Waals surface area contributed by atoms with Crippen molar-refractivity contribution in [2.45, 2.75) is 26.8 Å². The first-order chi connectivity index (χ1) is 9.27. The van der Waals surface area contributed by atoms with Gasteiger partial charge in [0.05, 0.1) is 13.2 Å². The van der Waals surface area contributed by atoms with E-state index in [0.29, 0.717) is 0 Å². The Labute approximate surface area is 116 Å². The van der Waals surface area contributed by atoms with E-state index in [1.165, 1.54) is 12.0 Å². The number of ether oxygens (including phenoxy) is 1. The van der Waals surface area contributed by atoms with Crippen molar-refractivity contribution >= 4 is 5.82 Å². The van der Waals surface area contributed by atoms with Crippen LogP contribution in [0.3, 0.4) is 0 Å². The Kier molecular flexibility index (Phi) is 5.61. The van der Waals surface area contributed by atoms with E-state index in [2.05, 4.69) is 35.1 Å². The minimum absolute atomic E-state index is 0.750. The van der Waals surface area contributed by atoms with E-state index >= 15 is 0 Å². The summed E-state index contributed by atoms with van der Waals surface area (Å²) in [6.45, 7) is 9.96. The van der Waals surface area contributed by atoms with Crippen LogP contribution in [0.15, 0.2) is 18.3 Å². The average Bonchev–Trinajstić information content (AvgIpc) is 2.45. The highest BCUT2D eigenvalue weighted by molar-refractivity contribution is 5.46. The predicted octanol–water partition coefficient (Wildman–Crippen LogP) is 2.05. The predicted molar refractivity (Wildman–Crippen MR) is 78.4 cm³/mol. The molecule has 0 atom stereocenters. The number of aromatic nitrogens is 1. The minimum Gasteiger partial charge on any atom is -0.378 e. The molecule has 0 saturated carbocycles. The molecule has 1 aliphatic rings. The van der Waals surface area contributed by atoms with Crippen LogP contribution in [-0.2, 0) is 11.3 Å². The molecule has 1 aromatic heterocycles. The number of hydrogen-bond acceptors (Lipinski definition) is 4. The molecule has 0 spiro atoms. The zero-order valence-electron chi connectivity index (χ0n) is 12.1. The van der Waals surface area contributed by atoms with Gasteiger partial charge >= 0.3 is 0 Å². The summed E-state index contributed by atoms with van der Waals surface area (Å²) < 4.78 is 5.40. The molecular weight excluding hydrogens is 238 g/mol. The van der Waals surface area contributed by atoms with Gasteiger partial charge in [0, 0.05) is 31.4 Å². The van der Waals surface area contributed by atoms with Crippen molar-refractivity contribution in [2.24, 2.45) is 5.92 Å². The molecule has 2 rings (SSSR count). The number of rotatable bonds is 6. The van der Waals surface area contributed by atoms with Crippen molar-refractivity contribution in [1.82, 2.24) is 10.3 Å². The standard InChI is InChI=1S/C15H25N3O/c1-13(2)5-7-16-12-14-4-3-6-17-15(14)18-8-10-19-11-9-18/h3-4,6,13,16H,5,7-12H2,1-2H3. The minimum atomic E-state index is 0.750. The second-order valence-electron chi connectivity index (χ2n) is 5.44. The molecule has 1 fully saturated rings. The Balaban J connectivity index is 1.92. The van der Waals surface area contributed by atoms with Crippen LogP contribution < -0.4 is 10.2 Å². The summed E-state index contributed by atoms with van der Waals surface area (Å²) in [6, 6.07) is 4.18. The molecule has 1 saturated heterocycles. The number of pyridine rings is 1. The van der Waals surface area contributed by atoms with Crippen molar-refractivity contribution in [2.75, 3.05) is 37.7 Å². The van der Waals surface area contributed by atoms with Gasteiger partial charge in [0.15, 0.2) is 0 Å². The summed E-state index contributed by atoms with van der Waals surface area (Å²) in [7, 11) is 0. The second-order valence-corrected chi connectivity index (χ2v) is 5.44. The van der Waals surface area contributed by atoms with Crippen LogP contribution in [0.25, 0.3) is 0 Å². The Morgan fingerprint density at radius 1 is 1.37 bits per heavy atom. The van der Waals surface area contributed by atoms with Crippen LogP contribution in [0.2, 0.25) is 0 Å². The number of anilines is 1. The van der Waals surface area contributed by atoms with E-state index in [-0.39, 0.29) is 0 Å². The fourth-order valence-corrected chi connectivity index (χ4v) is 2.24. The molecule has 1 N–H and O–H groups in total. The topological polar surface area (TPSA) is 37.4 Å². The van der Waals surface area contributed by atoms with Crippen molar-refractivity contribution in [3.8, 4) is 0 Å². The number of nitrogens with zero attached hydrogens (tertiary/aromatic N) is 2. The highest BCUT2D eigenvalue weighted by Gasteiger charge is 2.15. The lowest BCUT2D eigenvalue weighted by Gasteiger charge is -2.29. The lowest BCUT2D eigenvalue weighted by molar-refractivity contribution is 0.122. The summed E-state index contributed by atoms with van der Waals surface area (Å²) in [5.41, 5.74) is 1.29. The van der Waals surface area contributed by atoms with Crippen LogP contribution in [0.4, 0.5) is 5.82 Å². The fourth-order valence-electron chi connectivity index (χ4n) is 2.24. The Bertz CT molecular complexity index is 375. The number of nitrogens with one attached hydrogen (secondary N) is 1. The van der Waals surface area contributed by atoms with Crippen molar-refractivity contribution in [1.29, 1.82) is 0 Å². The van der Waals surface area contributed by atoms with Crippen LogP contribution in [0, 0.1) is 5.92 Å². The first kappa shape index (κ1) is 14.3. The lowest BCUT2D eigenvalue weighted by atomic mass is 10.1. The lowest BCUT2D eigenvalue weighted by Crippen LogP contribution is -2.37. The summed E-state index contributed by atoms with van der Waals surface area (Å²) >= 11 is 0. The molecule has 0 unspecified atom stereocenters. The molecule has 0 radical (unpaired) electrons. The third kappa shape index (κ3) is 4.48. The molecule has 4 nitrogen and oxygen atoms in total. The Morgan fingerprint density at radius 3 is 2.89 bits per heavy atom. The normalized spacial score (nSPS) is 16.1. The molecular formula is C15H25N3O. The quantitative estimate of drug-likeness (QED) is 0.797. The van der Waals surface area contributed by atoms with E-state index in [9.17, 15) is 0 Å².